The van der Waals surface area contributed by atoms with Crippen LogP contribution in [0.25, 0.3) is 10.9 Å². The van der Waals surface area contributed by atoms with Crippen molar-refractivity contribution in [2.24, 2.45) is 0 Å². The molecule has 0 amide bonds. The topological polar surface area (TPSA) is 49.8 Å². The SMILES string of the molecule is C=CCNc1nc(NCC)c2ccccc2n1. The van der Waals surface area contributed by atoms with Crippen LogP contribution >= 0.6 is 0 Å². The standard InChI is InChI=1S/C13H16N4/c1-3-9-15-13-16-11-8-6-5-7-10(11)12(17-13)14-4-2/h3,5-8H,1,4,9H2,2H3,(H2,14,15,16,17). The lowest BCUT2D eigenvalue weighted by molar-refractivity contribution is 1.12. The van der Waals surface area contributed by atoms with Crippen molar-refractivity contribution in [2.75, 3.05) is 23.7 Å². The van der Waals surface area contributed by atoms with E-state index in [4.69, 9.17) is 0 Å². The molecule has 1 aromatic carbocycles. The predicted molar refractivity (Wildman–Crippen MR) is 72.4 cm³/mol. The summed E-state index contributed by atoms with van der Waals surface area (Å²) in [5, 5.41) is 7.40. The Kier molecular flexibility index (Phi) is 3.55. The molecule has 0 radical (unpaired) electrons. The maximum absolute atomic E-state index is 4.45. The number of para-hydroxylation sites is 1. The first-order valence-corrected chi connectivity index (χ1v) is 5.70. The first kappa shape index (κ1) is 11.4. The maximum atomic E-state index is 4.45. The summed E-state index contributed by atoms with van der Waals surface area (Å²) in [5.41, 5.74) is 0.935. The summed E-state index contributed by atoms with van der Waals surface area (Å²) in [4.78, 5) is 8.89. The Labute approximate surface area is 101 Å². The number of anilines is 2. The normalized spacial score (nSPS) is 10.2. The summed E-state index contributed by atoms with van der Waals surface area (Å²) in [6, 6.07) is 7.97. The number of hydrogen-bond donors (Lipinski definition) is 2. The van der Waals surface area contributed by atoms with Crippen molar-refractivity contribution >= 4 is 22.7 Å². The zero-order chi connectivity index (χ0) is 12.1. The monoisotopic (exact) mass is 228 g/mol. The molecule has 0 bridgehead atoms. The third-order valence-corrected chi connectivity index (χ3v) is 2.35. The molecule has 0 aliphatic heterocycles. The highest BCUT2D eigenvalue weighted by molar-refractivity contribution is 5.89. The summed E-state index contributed by atoms with van der Waals surface area (Å²) in [5.74, 6) is 1.49. The van der Waals surface area contributed by atoms with Gasteiger partial charge in [0.2, 0.25) is 5.95 Å². The molecule has 0 unspecified atom stereocenters. The van der Waals surface area contributed by atoms with E-state index in [1.54, 1.807) is 6.08 Å². The van der Waals surface area contributed by atoms with Gasteiger partial charge >= 0.3 is 0 Å². The molecule has 1 aromatic heterocycles. The van der Waals surface area contributed by atoms with Gasteiger partial charge in [0, 0.05) is 18.5 Å². The molecular weight excluding hydrogens is 212 g/mol. The average Bonchev–Trinajstić information content (AvgIpc) is 2.37. The Hall–Kier alpha value is -2.10. The number of hydrogen-bond acceptors (Lipinski definition) is 4. The van der Waals surface area contributed by atoms with Crippen molar-refractivity contribution in [1.82, 2.24) is 9.97 Å². The van der Waals surface area contributed by atoms with E-state index in [0.717, 1.165) is 23.3 Å². The van der Waals surface area contributed by atoms with Crippen LogP contribution in [0.15, 0.2) is 36.9 Å². The van der Waals surface area contributed by atoms with Gasteiger partial charge in [0.1, 0.15) is 5.82 Å². The Morgan fingerprint density at radius 3 is 2.82 bits per heavy atom. The van der Waals surface area contributed by atoms with Crippen molar-refractivity contribution in [3.8, 4) is 0 Å². The van der Waals surface area contributed by atoms with Gasteiger partial charge < -0.3 is 10.6 Å². The van der Waals surface area contributed by atoms with Crippen molar-refractivity contribution in [3.63, 3.8) is 0 Å². The maximum Gasteiger partial charge on any atom is 0.225 e. The van der Waals surface area contributed by atoms with Crippen molar-refractivity contribution < 1.29 is 0 Å². The van der Waals surface area contributed by atoms with Crippen LogP contribution in [0.1, 0.15) is 6.92 Å². The van der Waals surface area contributed by atoms with E-state index in [2.05, 4.69) is 27.2 Å². The molecule has 0 aliphatic carbocycles. The highest BCUT2D eigenvalue weighted by atomic mass is 15.1. The lowest BCUT2D eigenvalue weighted by Crippen LogP contribution is -2.07. The largest absolute Gasteiger partial charge is 0.370 e. The zero-order valence-corrected chi connectivity index (χ0v) is 9.90. The average molecular weight is 228 g/mol. The lowest BCUT2D eigenvalue weighted by Gasteiger charge is -2.09. The summed E-state index contributed by atoms with van der Waals surface area (Å²) in [6.07, 6.45) is 1.78. The van der Waals surface area contributed by atoms with E-state index in [9.17, 15) is 0 Å². The summed E-state index contributed by atoms with van der Waals surface area (Å²) in [7, 11) is 0. The van der Waals surface area contributed by atoms with E-state index in [1.165, 1.54) is 0 Å². The van der Waals surface area contributed by atoms with Crippen LogP contribution in [0, 0.1) is 0 Å². The summed E-state index contributed by atoms with van der Waals surface area (Å²) in [6.45, 7) is 7.20. The number of nitrogens with one attached hydrogen (secondary N) is 2. The van der Waals surface area contributed by atoms with E-state index < -0.39 is 0 Å². The van der Waals surface area contributed by atoms with Gasteiger partial charge in [0.15, 0.2) is 0 Å². The second-order valence-corrected chi connectivity index (χ2v) is 3.61. The van der Waals surface area contributed by atoms with E-state index in [1.807, 2.05) is 31.2 Å². The van der Waals surface area contributed by atoms with Crippen LogP contribution in [0.4, 0.5) is 11.8 Å². The molecule has 88 valence electrons. The summed E-state index contributed by atoms with van der Waals surface area (Å²) < 4.78 is 0. The van der Waals surface area contributed by atoms with Gasteiger partial charge in [0.05, 0.1) is 5.52 Å². The molecule has 4 heteroatoms. The van der Waals surface area contributed by atoms with Gasteiger partial charge in [-0.25, -0.2) is 4.98 Å². The Morgan fingerprint density at radius 2 is 2.06 bits per heavy atom. The number of aromatic nitrogens is 2. The number of benzene rings is 1. The van der Waals surface area contributed by atoms with Gasteiger partial charge in [-0.3, -0.25) is 0 Å². The molecule has 1 heterocycles. The number of rotatable bonds is 5. The fourth-order valence-electron chi connectivity index (χ4n) is 1.62. The molecule has 2 rings (SSSR count). The zero-order valence-electron chi connectivity index (χ0n) is 9.90. The van der Waals surface area contributed by atoms with Gasteiger partial charge in [-0.2, -0.15) is 4.98 Å². The fraction of sp³-hybridized carbons (Fsp3) is 0.231. The third kappa shape index (κ3) is 2.53. The molecule has 4 nitrogen and oxygen atoms in total. The fourth-order valence-corrected chi connectivity index (χ4v) is 1.62. The molecule has 0 spiro atoms. The van der Waals surface area contributed by atoms with Gasteiger partial charge in [-0.1, -0.05) is 18.2 Å². The van der Waals surface area contributed by atoms with Crippen LogP contribution in [-0.4, -0.2) is 23.1 Å². The Bertz CT molecular complexity index is 522. The smallest absolute Gasteiger partial charge is 0.225 e. The number of nitrogens with zero attached hydrogens (tertiary/aromatic N) is 2. The highest BCUT2D eigenvalue weighted by Gasteiger charge is 2.05. The summed E-state index contributed by atoms with van der Waals surface area (Å²) >= 11 is 0. The molecule has 2 N–H and O–H groups in total. The van der Waals surface area contributed by atoms with E-state index in [-0.39, 0.29) is 0 Å². The Balaban J connectivity index is 2.46. The first-order chi connectivity index (χ1) is 8.35. The predicted octanol–water partition coefficient (Wildman–Crippen LogP) is 2.66. The third-order valence-electron chi connectivity index (χ3n) is 2.35. The second-order valence-electron chi connectivity index (χ2n) is 3.61. The molecule has 0 aliphatic rings. The molecule has 0 fully saturated rings. The van der Waals surface area contributed by atoms with Gasteiger partial charge in [-0.15, -0.1) is 6.58 Å². The van der Waals surface area contributed by atoms with Crippen LogP contribution in [0.3, 0.4) is 0 Å². The van der Waals surface area contributed by atoms with Crippen molar-refractivity contribution in [3.05, 3.63) is 36.9 Å². The molecule has 2 aromatic rings. The minimum Gasteiger partial charge on any atom is -0.370 e. The number of fused-ring (bicyclic) bond motifs is 1. The highest BCUT2D eigenvalue weighted by Crippen LogP contribution is 2.21. The minimum absolute atomic E-state index is 0.625. The molecule has 0 atom stereocenters. The minimum atomic E-state index is 0.625. The second kappa shape index (κ2) is 5.30. The van der Waals surface area contributed by atoms with Crippen LogP contribution in [0.2, 0.25) is 0 Å². The van der Waals surface area contributed by atoms with Crippen molar-refractivity contribution in [2.45, 2.75) is 6.92 Å². The lowest BCUT2D eigenvalue weighted by atomic mass is 10.2. The van der Waals surface area contributed by atoms with Crippen LogP contribution in [0.5, 0.6) is 0 Å². The molecule has 17 heavy (non-hydrogen) atoms. The van der Waals surface area contributed by atoms with Crippen LogP contribution in [-0.2, 0) is 0 Å². The Morgan fingerprint density at radius 1 is 1.24 bits per heavy atom. The quantitative estimate of drug-likeness (QED) is 0.772. The van der Waals surface area contributed by atoms with Gasteiger partial charge in [-0.05, 0) is 19.1 Å². The molecule has 0 saturated heterocycles. The molecule has 0 saturated carbocycles. The van der Waals surface area contributed by atoms with Crippen LogP contribution < -0.4 is 10.6 Å². The van der Waals surface area contributed by atoms with Gasteiger partial charge in [0.25, 0.3) is 0 Å². The van der Waals surface area contributed by atoms with E-state index in [0.29, 0.717) is 12.5 Å². The first-order valence-electron chi connectivity index (χ1n) is 5.70. The van der Waals surface area contributed by atoms with Crippen molar-refractivity contribution in [1.29, 1.82) is 0 Å². The molecular formula is C13H16N4. The van der Waals surface area contributed by atoms with E-state index >= 15 is 0 Å².